The zero-order valence-electron chi connectivity index (χ0n) is 23.6. The van der Waals surface area contributed by atoms with Gasteiger partial charge in [-0.3, -0.25) is 9.59 Å². The molecule has 1 heterocycles. The van der Waals surface area contributed by atoms with Gasteiger partial charge in [0.15, 0.2) is 0 Å². The summed E-state index contributed by atoms with van der Waals surface area (Å²) < 4.78 is 31.7. The van der Waals surface area contributed by atoms with Gasteiger partial charge in [0.2, 0.25) is 21.8 Å². The molecule has 40 heavy (non-hydrogen) atoms. The maximum absolute atomic E-state index is 13.7. The van der Waals surface area contributed by atoms with Gasteiger partial charge in [-0.2, -0.15) is 4.31 Å². The van der Waals surface area contributed by atoms with Crippen molar-refractivity contribution < 1.29 is 18.0 Å². The van der Waals surface area contributed by atoms with E-state index in [4.69, 9.17) is 0 Å². The zero-order valence-corrected chi connectivity index (χ0v) is 26.0. The largest absolute Gasteiger partial charge is 0.345 e. The highest BCUT2D eigenvalue weighted by molar-refractivity contribution is 9.10. The lowest BCUT2D eigenvalue weighted by Gasteiger charge is -2.28. The number of carbonyl (C=O) groups is 2. The SMILES string of the molecule is CCCCN(Cc1cccn1Cc1ccc(Br)cc1)C(=O)CN(CC(C)C)S(=O)(=O)c1ccc(NC(C)=O)cc1. The van der Waals surface area contributed by atoms with Gasteiger partial charge in [-0.25, -0.2) is 8.42 Å². The quantitative estimate of drug-likeness (QED) is 0.246. The lowest BCUT2D eigenvalue weighted by Crippen LogP contribution is -2.44. The molecule has 0 aliphatic rings. The van der Waals surface area contributed by atoms with Crippen LogP contribution in [0.15, 0.2) is 76.2 Å². The van der Waals surface area contributed by atoms with E-state index in [2.05, 4.69) is 44.9 Å². The molecule has 0 aliphatic heterocycles. The van der Waals surface area contributed by atoms with Crippen LogP contribution in [0.2, 0.25) is 0 Å². The maximum atomic E-state index is 13.7. The number of anilines is 1. The van der Waals surface area contributed by atoms with Crippen molar-refractivity contribution in [2.24, 2.45) is 5.92 Å². The van der Waals surface area contributed by atoms with E-state index in [1.807, 2.05) is 44.3 Å². The highest BCUT2D eigenvalue weighted by Crippen LogP contribution is 2.21. The van der Waals surface area contributed by atoms with Crippen LogP contribution in [0.4, 0.5) is 5.69 Å². The predicted octanol–water partition coefficient (Wildman–Crippen LogP) is 5.73. The molecule has 0 unspecified atom stereocenters. The van der Waals surface area contributed by atoms with Crippen molar-refractivity contribution in [2.45, 2.75) is 58.5 Å². The molecule has 0 radical (unpaired) electrons. The first-order chi connectivity index (χ1) is 19.0. The lowest BCUT2D eigenvalue weighted by molar-refractivity contribution is -0.132. The minimum atomic E-state index is -3.94. The molecule has 2 amide bonds. The Morgan fingerprint density at radius 1 is 1.02 bits per heavy atom. The second-order valence-electron chi connectivity index (χ2n) is 10.3. The Balaban J connectivity index is 1.81. The summed E-state index contributed by atoms with van der Waals surface area (Å²) in [6, 6.07) is 18.1. The molecule has 0 atom stereocenters. The summed E-state index contributed by atoms with van der Waals surface area (Å²) in [7, 11) is -3.94. The van der Waals surface area contributed by atoms with Gasteiger partial charge < -0.3 is 14.8 Å². The third-order valence-corrected chi connectivity index (χ3v) is 8.72. The second kappa shape index (κ2) is 14.6. The van der Waals surface area contributed by atoms with Crippen LogP contribution in [-0.2, 0) is 32.7 Å². The van der Waals surface area contributed by atoms with Crippen LogP contribution < -0.4 is 5.32 Å². The summed E-state index contributed by atoms with van der Waals surface area (Å²) in [5.41, 5.74) is 2.64. The van der Waals surface area contributed by atoms with Gasteiger partial charge in [0.25, 0.3) is 0 Å². The van der Waals surface area contributed by atoms with E-state index < -0.39 is 10.0 Å². The normalized spacial score (nSPS) is 11.7. The van der Waals surface area contributed by atoms with Crippen molar-refractivity contribution in [2.75, 3.05) is 25.0 Å². The molecule has 0 spiro atoms. The fourth-order valence-corrected chi connectivity index (χ4v) is 6.16. The van der Waals surface area contributed by atoms with Crippen LogP contribution in [-0.4, -0.2) is 53.6 Å². The molecule has 3 aromatic rings. The van der Waals surface area contributed by atoms with Crippen molar-refractivity contribution >= 4 is 43.5 Å². The fraction of sp³-hybridized carbons (Fsp3) is 0.400. The Morgan fingerprint density at radius 2 is 1.70 bits per heavy atom. The maximum Gasteiger partial charge on any atom is 0.243 e. The molecule has 1 aromatic heterocycles. The third kappa shape index (κ3) is 9.04. The first-order valence-electron chi connectivity index (χ1n) is 13.5. The molecule has 216 valence electrons. The number of nitrogens with zero attached hydrogens (tertiary/aromatic N) is 3. The number of halogens is 1. The Hall–Kier alpha value is -2.95. The number of sulfonamides is 1. The molecule has 3 rings (SSSR count). The van der Waals surface area contributed by atoms with Crippen LogP contribution in [0.25, 0.3) is 0 Å². The zero-order chi connectivity index (χ0) is 29.3. The van der Waals surface area contributed by atoms with Crippen LogP contribution in [0.5, 0.6) is 0 Å². The van der Waals surface area contributed by atoms with Crippen LogP contribution >= 0.6 is 15.9 Å². The van der Waals surface area contributed by atoms with Crippen LogP contribution in [0.1, 0.15) is 51.8 Å². The predicted molar refractivity (Wildman–Crippen MR) is 162 cm³/mol. The Kier molecular flexibility index (Phi) is 11.5. The summed E-state index contributed by atoms with van der Waals surface area (Å²) >= 11 is 3.47. The van der Waals surface area contributed by atoms with Crippen LogP contribution in [0, 0.1) is 5.92 Å². The molecule has 2 aromatic carbocycles. The summed E-state index contributed by atoms with van der Waals surface area (Å²) in [4.78, 5) is 26.9. The average molecular weight is 632 g/mol. The van der Waals surface area contributed by atoms with E-state index in [0.717, 1.165) is 28.6 Å². The van der Waals surface area contributed by atoms with Gasteiger partial charge in [0.1, 0.15) is 0 Å². The highest BCUT2D eigenvalue weighted by Gasteiger charge is 2.29. The second-order valence-corrected chi connectivity index (χ2v) is 13.2. The lowest BCUT2D eigenvalue weighted by atomic mass is 10.2. The number of nitrogens with one attached hydrogen (secondary N) is 1. The van der Waals surface area contributed by atoms with Crippen molar-refractivity contribution in [1.29, 1.82) is 0 Å². The molecule has 8 nitrogen and oxygen atoms in total. The Bertz CT molecular complexity index is 1370. The standard InChI is InChI=1S/C30H39BrN4O4S/c1-5-6-17-34(21-28-8-7-18-33(28)20-25-9-11-26(31)12-10-25)30(37)22-35(19-23(2)3)40(38,39)29-15-13-27(14-16-29)32-24(4)36/h7-16,18,23H,5-6,17,19-22H2,1-4H3,(H,32,36). The van der Waals surface area contributed by atoms with Gasteiger partial charge in [-0.1, -0.05) is 55.3 Å². The minimum Gasteiger partial charge on any atom is -0.345 e. The smallest absolute Gasteiger partial charge is 0.243 e. The van der Waals surface area contributed by atoms with E-state index in [1.165, 1.54) is 23.4 Å². The molecular weight excluding hydrogens is 592 g/mol. The highest BCUT2D eigenvalue weighted by atomic mass is 79.9. The average Bonchev–Trinajstić information content (AvgIpc) is 3.33. The van der Waals surface area contributed by atoms with Crippen molar-refractivity contribution in [3.05, 3.63) is 82.6 Å². The third-order valence-electron chi connectivity index (χ3n) is 6.37. The number of benzene rings is 2. The molecule has 0 fully saturated rings. The van der Waals surface area contributed by atoms with E-state index >= 15 is 0 Å². The molecule has 0 saturated carbocycles. The van der Waals surface area contributed by atoms with Crippen molar-refractivity contribution in [3.63, 3.8) is 0 Å². The van der Waals surface area contributed by atoms with Gasteiger partial charge in [-0.05, 0) is 66.4 Å². The van der Waals surface area contributed by atoms with Crippen LogP contribution in [0.3, 0.4) is 0 Å². The van der Waals surface area contributed by atoms with E-state index in [1.54, 1.807) is 17.0 Å². The molecule has 10 heteroatoms. The monoisotopic (exact) mass is 630 g/mol. The van der Waals surface area contributed by atoms with Gasteiger partial charge in [0, 0.05) is 48.6 Å². The van der Waals surface area contributed by atoms with E-state index in [9.17, 15) is 18.0 Å². The summed E-state index contributed by atoms with van der Waals surface area (Å²) in [6.07, 6.45) is 3.74. The van der Waals surface area contributed by atoms with E-state index in [0.29, 0.717) is 25.3 Å². The first kappa shape index (κ1) is 31.6. The number of aromatic nitrogens is 1. The topological polar surface area (TPSA) is 91.7 Å². The van der Waals surface area contributed by atoms with Gasteiger partial charge >= 0.3 is 0 Å². The Labute approximate surface area is 246 Å². The molecular formula is C30H39BrN4O4S. The molecule has 1 N–H and O–H groups in total. The van der Waals surface area contributed by atoms with Crippen molar-refractivity contribution in [1.82, 2.24) is 13.8 Å². The first-order valence-corrected chi connectivity index (χ1v) is 15.8. The number of amides is 2. The molecule has 0 saturated heterocycles. The number of rotatable bonds is 14. The van der Waals surface area contributed by atoms with Crippen molar-refractivity contribution in [3.8, 4) is 0 Å². The number of carbonyl (C=O) groups excluding carboxylic acids is 2. The minimum absolute atomic E-state index is 0.0217. The molecule has 0 aliphatic carbocycles. The van der Waals surface area contributed by atoms with Gasteiger partial charge in [0.05, 0.1) is 18.0 Å². The van der Waals surface area contributed by atoms with Gasteiger partial charge in [-0.15, -0.1) is 0 Å². The Morgan fingerprint density at radius 3 is 2.30 bits per heavy atom. The summed E-state index contributed by atoms with van der Waals surface area (Å²) in [6.45, 7) is 8.89. The summed E-state index contributed by atoms with van der Waals surface area (Å²) in [5, 5.41) is 2.64. The summed E-state index contributed by atoms with van der Waals surface area (Å²) in [5.74, 6) is -0.449. The fourth-order valence-electron chi connectivity index (χ4n) is 4.34. The number of hydrogen-bond acceptors (Lipinski definition) is 4. The molecule has 0 bridgehead atoms. The number of hydrogen-bond donors (Lipinski definition) is 1. The number of unbranched alkanes of at least 4 members (excludes halogenated alkanes) is 1. The van der Waals surface area contributed by atoms with E-state index in [-0.39, 0.29) is 35.7 Å².